The molecule has 0 fully saturated rings. The summed E-state index contributed by atoms with van der Waals surface area (Å²) in [6.07, 6.45) is 0. The normalized spacial score (nSPS) is 10.3. The molecule has 5 nitrogen and oxygen atoms in total. The predicted molar refractivity (Wildman–Crippen MR) is 95.7 cm³/mol. The van der Waals surface area contributed by atoms with E-state index >= 15 is 0 Å². The van der Waals surface area contributed by atoms with E-state index in [4.69, 9.17) is 33.7 Å². The summed E-state index contributed by atoms with van der Waals surface area (Å²) in [5.41, 5.74) is 8.33. The molecule has 0 radical (unpaired) electrons. The van der Waals surface area contributed by atoms with Gasteiger partial charge in [0.25, 0.3) is 5.91 Å². The molecule has 0 aliphatic heterocycles. The molecule has 0 unspecified atom stereocenters. The molecule has 1 amide bonds. The van der Waals surface area contributed by atoms with Gasteiger partial charge in [0.05, 0.1) is 16.3 Å². The molecule has 0 aliphatic carbocycles. The Bertz CT molecular complexity index is 783. The van der Waals surface area contributed by atoms with Gasteiger partial charge < -0.3 is 15.8 Å². The number of aryl methyl sites for hydroxylation is 2. The lowest BCUT2D eigenvalue weighted by Crippen LogP contribution is -2.22. The second kappa shape index (κ2) is 7.55. The van der Waals surface area contributed by atoms with Crippen LogP contribution in [-0.2, 0) is 9.53 Å². The van der Waals surface area contributed by atoms with Gasteiger partial charge in [0.1, 0.15) is 0 Å². The van der Waals surface area contributed by atoms with Gasteiger partial charge in [-0.05, 0) is 49.2 Å². The maximum Gasteiger partial charge on any atom is 0.340 e. The molecule has 0 heterocycles. The minimum atomic E-state index is -0.725. The van der Waals surface area contributed by atoms with Crippen molar-refractivity contribution in [3.05, 3.63) is 57.1 Å². The molecule has 24 heavy (non-hydrogen) atoms. The molecule has 0 saturated heterocycles. The monoisotopic (exact) mass is 366 g/mol. The number of esters is 1. The van der Waals surface area contributed by atoms with Gasteiger partial charge in [-0.3, -0.25) is 4.79 Å². The number of anilines is 2. The van der Waals surface area contributed by atoms with E-state index in [0.717, 1.165) is 11.1 Å². The van der Waals surface area contributed by atoms with Crippen LogP contribution in [0.5, 0.6) is 0 Å². The molecule has 0 aromatic heterocycles. The molecule has 126 valence electrons. The van der Waals surface area contributed by atoms with Gasteiger partial charge in [0, 0.05) is 10.7 Å². The molecule has 0 atom stereocenters. The molecule has 0 bridgehead atoms. The van der Waals surface area contributed by atoms with Gasteiger partial charge >= 0.3 is 5.97 Å². The number of carbonyl (C=O) groups excluding carboxylic acids is 2. The molecule has 2 aromatic carbocycles. The minimum absolute atomic E-state index is 0.111. The first-order chi connectivity index (χ1) is 11.3. The molecule has 7 heteroatoms. The van der Waals surface area contributed by atoms with Crippen molar-refractivity contribution in [3.63, 3.8) is 0 Å². The summed E-state index contributed by atoms with van der Waals surface area (Å²) in [5.74, 6) is -1.23. The lowest BCUT2D eigenvalue weighted by molar-refractivity contribution is -0.119. The molecular formula is C17H16Cl2N2O3. The third kappa shape index (κ3) is 4.40. The first kappa shape index (κ1) is 18.1. The number of nitrogens with one attached hydrogen (secondary N) is 1. The van der Waals surface area contributed by atoms with Gasteiger partial charge in [0.15, 0.2) is 6.61 Å². The van der Waals surface area contributed by atoms with Crippen LogP contribution in [0.3, 0.4) is 0 Å². The molecule has 0 spiro atoms. The first-order valence-corrected chi connectivity index (χ1v) is 7.82. The van der Waals surface area contributed by atoms with Crippen LogP contribution >= 0.6 is 23.2 Å². The van der Waals surface area contributed by atoms with Crippen LogP contribution in [0.15, 0.2) is 30.3 Å². The SMILES string of the molecule is Cc1cc(C)c(NC(=O)COC(=O)c2cc(Cl)ccc2N)c(Cl)c1. The molecule has 2 aromatic rings. The van der Waals surface area contributed by atoms with Crippen molar-refractivity contribution in [1.82, 2.24) is 0 Å². The minimum Gasteiger partial charge on any atom is -0.452 e. The van der Waals surface area contributed by atoms with Gasteiger partial charge in [-0.2, -0.15) is 0 Å². The standard InChI is InChI=1S/C17H16Cl2N2O3/c1-9-5-10(2)16(13(19)6-9)21-15(22)8-24-17(23)12-7-11(18)3-4-14(12)20/h3-7H,8,20H2,1-2H3,(H,21,22). The van der Waals surface area contributed by atoms with Crippen molar-refractivity contribution in [1.29, 1.82) is 0 Å². The van der Waals surface area contributed by atoms with Crippen LogP contribution in [0.1, 0.15) is 21.5 Å². The van der Waals surface area contributed by atoms with E-state index in [1.807, 2.05) is 19.9 Å². The maximum absolute atomic E-state index is 12.0. The predicted octanol–water partition coefficient (Wildman–Crippen LogP) is 3.99. The highest BCUT2D eigenvalue weighted by atomic mass is 35.5. The van der Waals surface area contributed by atoms with E-state index in [2.05, 4.69) is 5.32 Å². The Kier molecular flexibility index (Phi) is 5.70. The van der Waals surface area contributed by atoms with Gasteiger partial charge in [0.2, 0.25) is 0 Å². The summed E-state index contributed by atoms with van der Waals surface area (Å²) in [4.78, 5) is 24.0. The van der Waals surface area contributed by atoms with E-state index in [-0.39, 0.29) is 11.3 Å². The van der Waals surface area contributed by atoms with Crippen molar-refractivity contribution >= 4 is 46.5 Å². The average Bonchev–Trinajstić information content (AvgIpc) is 2.50. The van der Waals surface area contributed by atoms with Crippen LogP contribution < -0.4 is 11.1 Å². The number of benzene rings is 2. The summed E-state index contributed by atoms with van der Waals surface area (Å²) >= 11 is 11.9. The van der Waals surface area contributed by atoms with E-state index in [1.54, 1.807) is 12.1 Å². The van der Waals surface area contributed by atoms with Crippen molar-refractivity contribution in [2.75, 3.05) is 17.7 Å². The third-order valence-corrected chi connectivity index (χ3v) is 3.80. The lowest BCUT2D eigenvalue weighted by atomic mass is 10.1. The number of rotatable bonds is 4. The van der Waals surface area contributed by atoms with E-state index in [0.29, 0.717) is 15.7 Å². The van der Waals surface area contributed by atoms with E-state index in [9.17, 15) is 9.59 Å². The van der Waals surface area contributed by atoms with Crippen LogP contribution in [-0.4, -0.2) is 18.5 Å². The van der Waals surface area contributed by atoms with Crippen molar-refractivity contribution in [2.45, 2.75) is 13.8 Å². The summed E-state index contributed by atoms with van der Waals surface area (Å²) in [5, 5.41) is 3.41. The Labute approximate surface area is 149 Å². The number of carbonyl (C=O) groups is 2. The fourth-order valence-electron chi connectivity index (χ4n) is 2.16. The van der Waals surface area contributed by atoms with Crippen molar-refractivity contribution in [2.24, 2.45) is 0 Å². The Balaban J connectivity index is 2.01. The number of hydrogen-bond acceptors (Lipinski definition) is 4. The largest absolute Gasteiger partial charge is 0.452 e. The zero-order valence-corrected chi connectivity index (χ0v) is 14.7. The zero-order chi connectivity index (χ0) is 17.9. The summed E-state index contributed by atoms with van der Waals surface area (Å²) < 4.78 is 4.97. The Morgan fingerprint density at radius 1 is 1.17 bits per heavy atom. The zero-order valence-electron chi connectivity index (χ0n) is 13.2. The van der Waals surface area contributed by atoms with Gasteiger partial charge in [-0.15, -0.1) is 0 Å². The number of nitrogen functional groups attached to an aromatic ring is 1. The number of nitrogens with two attached hydrogens (primary N) is 1. The van der Waals surface area contributed by atoms with E-state index in [1.165, 1.54) is 12.1 Å². The molecule has 2 rings (SSSR count). The van der Waals surface area contributed by atoms with Crippen molar-refractivity contribution in [3.8, 4) is 0 Å². The topological polar surface area (TPSA) is 81.4 Å². The van der Waals surface area contributed by atoms with Gasteiger partial charge in [-0.25, -0.2) is 4.79 Å². The first-order valence-electron chi connectivity index (χ1n) is 7.06. The highest BCUT2D eigenvalue weighted by Crippen LogP contribution is 2.27. The Morgan fingerprint density at radius 3 is 2.54 bits per heavy atom. The fraction of sp³-hybridized carbons (Fsp3) is 0.176. The lowest BCUT2D eigenvalue weighted by Gasteiger charge is -2.12. The van der Waals surface area contributed by atoms with Crippen LogP contribution in [0.25, 0.3) is 0 Å². The summed E-state index contributed by atoms with van der Waals surface area (Å²) in [6.45, 7) is 3.27. The van der Waals surface area contributed by atoms with Gasteiger partial charge in [-0.1, -0.05) is 29.3 Å². The second-order valence-electron chi connectivity index (χ2n) is 5.29. The van der Waals surface area contributed by atoms with Crippen molar-refractivity contribution < 1.29 is 14.3 Å². The Morgan fingerprint density at radius 2 is 1.88 bits per heavy atom. The molecule has 0 saturated carbocycles. The maximum atomic E-state index is 12.0. The molecule has 0 aliphatic rings. The quantitative estimate of drug-likeness (QED) is 0.633. The molecular weight excluding hydrogens is 351 g/mol. The smallest absolute Gasteiger partial charge is 0.340 e. The number of hydrogen-bond donors (Lipinski definition) is 2. The Hall–Kier alpha value is -2.24. The summed E-state index contributed by atoms with van der Waals surface area (Å²) in [6, 6.07) is 8.07. The fourth-order valence-corrected chi connectivity index (χ4v) is 2.70. The van der Waals surface area contributed by atoms with Crippen LogP contribution in [0, 0.1) is 13.8 Å². The second-order valence-corrected chi connectivity index (χ2v) is 6.14. The highest BCUT2D eigenvalue weighted by Gasteiger charge is 2.15. The number of amides is 1. The average molecular weight is 367 g/mol. The number of ether oxygens (including phenoxy) is 1. The highest BCUT2D eigenvalue weighted by molar-refractivity contribution is 6.34. The summed E-state index contributed by atoms with van der Waals surface area (Å²) in [7, 11) is 0. The number of halogens is 2. The van der Waals surface area contributed by atoms with Crippen LogP contribution in [0.2, 0.25) is 10.0 Å². The third-order valence-electron chi connectivity index (χ3n) is 3.27. The molecule has 3 N–H and O–H groups in total. The van der Waals surface area contributed by atoms with Crippen LogP contribution in [0.4, 0.5) is 11.4 Å². The van der Waals surface area contributed by atoms with E-state index < -0.39 is 18.5 Å².